The molecule has 2 unspecified atom stereocenters. The zero-order valence-electron chi connectivity index (χ0n) is 12.2. The number of carboxylic acids is 1. The van der Waals surface area contributed by atoms with Crippen LogP contribution in [0.25, 0.3) is 0 Å². The first-order valence-corrected chi connectivity index (χ1v) is 6.97. The van der Waals surface area contributed by atoms with E-state index >= 15 is 0 Å². The summed E-state index contributed by atoms with van der Waals surface area (Å²) in [5.41, 5.74) is 0. The number of hydrogen-bond donors (Lipinski definition) is 3. The van der Waals surface area contributed by atoms with Gasteiger partial charge >= 0.3 is 12.0 Å². The number of aliphatic carboxylic acids is 1. The monoisotopic (exact) mass is 285 g/mol. The molecule has 3 N–H and O–H groups in total. The molecule has 1 aliphatic rings. The Morgan fingerprint density at radius 2 is 2.05 bits per heavy atom. The lowest BCUT2D eigenvalue weighted by Crippen LogP contribution is -2.62. The highest BCUT2D eigenvalue weighted by Gasteiger charge is 2.35. The summed E-state index contributed by atoms with van der Waals surface area (Å²) in [5.74, 6) is -1.12. The molecule has 1 heterocycles. The van der Waals surface area contributed by atoms with Crippen molar-refractivity contribution in [3.63, 3.8) is 0 Å². The lowest BCUT2D eigenvalue weighted by atomic mass is 9.96. The fourth-order valence-electron chi connectivity index (χ4n) is 2.47. The van der Waals surface area contributed by atoms with Crippen molar-refractivity contribution in [1.82, 2.24) is 15.5 Å². The third-order valence-electron chi connectivity index (χ3n) is 3.84. The highest BCUT2D eigenvalue weighted by Crippen LogP contribution is 2.14. The first-order chi connectivity index (χ1) is 9.40. The lowest BCUT2D eigenvalue weighted by molar-refractivity contribution is -0.144. The van der Waals surface area contributed by atoms with Gasteiger partial charge in [0.1, 0.15) is 12.6 Å². The van der Waals surface area contributed by atoms with Crippen molar-refractivity contribution in [2.45, 2.75) is 45.7 Å². The smallest absolute Gasteiger partial charge is 0.328 e. The van der Waals surface area contributed by atoms with Gasteiger partial charge in [0.05, 0.1) is 0 Å². The number of urea groups is 1. The van der Waals surface area contributed by atoms with Gasteiger partial charge in [0.25, 0.3) is 0 Å². The Morgan fingerprint density at radius 3 is 2.55 bits per heavy atom. The molecule has 7 heteroatoms. The van der Waals surface area contributed by atoms with Gasteiger partial charge in [-0.2, -0.15) is 0 Å². The second kappa shape index (κ2) is 7.12. The maximum absolute atomic E-state index is 12.2. The van der Waals surface area contributed by atoms with E-state index in [4.69, 9.17) is 5.11 Å². The number of nitrogens with one attached hydrogen (secondary N) is 2. The molecule has 0 aromatic heterocycles. The third kappa shape index (κ3) is 3.85. The van der Waals surface area contributed by atoms with Crippen molar-refractivity contribution in [2.24, 2.45) is 5.92 Å². The normalized spacial score (nSPS) is 20.5. The molecule has 1 aliphatic heterocycles. The minimum absolute atomic E-state index is 0.0546. The first kappa shape index (κ1) is 16.3. The van der Waals surface area contributed by atoms with Crippen LogP contribution in [0.15, 0.2) is 0 Å². The van der Waals surface area contributed by atoms with Gasteiger partial charge in [-0.15, -0.1) is 0 Å². The van der Waals surface area contributed by atoms with Gasteiger partial charge < -0.3 is 15.7 Å². The maximum Gasteiger partial charge on any atom is 0.328 e. The van der Waals surface area contributed by atoms with E-state index in [-0.39, 0.29) is 25.0 Å². The van der Waals surface area contributed by atoms with Crippen LogP contribution in [0, 0.1) is 5.92 Å². The number of hydrogen-bond acceptors (Lipinski definition) is 3. The van der Waals surface area contributed by atoms with Gasteiger partial charge in [-0.1, -0.05) is 26.7 Å². The van der Waals surface area contributed by atoms with Crippen LogP contribution in [0.5, 0.6) is 0 Å². The Morgan fingerprint density at radius 1 is 1.45 bits per heavy atom. The summed E-state index contributed by atoms with van der Waals surface area (Å²) in [5, 5.41) is 14.4. The molecular weight excluding hydrogens is 262 g/mol. The third-order valence-corrected chi connectivity index (χ3v) is 3.84. The summed E-state index contributed by atoms with van der Waals surface area (Å²) in [7, 11) is 0. The van der Waals surface area contributed by atoms with Crippen molar-refractivity contribution in [1.29, 1.82) is 0 Å². The summed E-state index contributed by atoms with van der Waals surface area (Å²) in [6.45, 7) is 5.71. The molecule has 0 aliphatic carbocycles. The topological polar surface area (TPSA) is 98.7 Å². The minimum Gasteiger partial charge on any atom is -0.480 e. The number of carbonyl (C=O) groups is 3. The first-order valence-electron chi connectivity index (χ1n) is 6.97. The summed E-state index contributed by atoms with van der Waals surface area (Å²) in [6, 6.07) is -1.56. The van der Waals surface area contributed by atoms with E-state index in [0.29, 0.717) is 5.92 Å². The van der Waals surface area contributed by atoms with Crippen molar-refractivity contribution in [3.05, 3.63) is 0 Å². The van der Waals surface area contributed by atoms with Crippen molar-refractivity contribution in [2.75, 3.05) is 13.1 Å². The molecule has 1 fully saturated rings. The standard InChI is InChI=1S/C13H23N3O4/c1-4-9(5-2)8(3)15-13(20)16-7-11(17)14-6-10(16)12(18)19/h8-10H,4-7H2,1-3H3,(H,14,17)(H,15,20)(H,18,19). The van der Waals surface area contributed by atoms with Gasteiger partial charge in [0, 0.05) is 12.6 Å². The predicted octanol–water partition coefficient (Wildman–Crippen LogP) is 0.406. The van der Waals surface area contributed by atoms with E-state index in [1.54, 1.807) is 0 Å². The second-order valence-electron chi connectivity index (χ2n) is 5.10. The Hall–Kier alpha value is -1.79. The Balaban J connectivity index is 2.72. The number of piperazine rings is 1. The molecule has 7 nitrogen and oxygen atoms in total. The molecule has 1 rings (SSSR count). The Labute approximate surface area is 118 Å². The van der Waals surface area contributed by atoms with Gasteiger partial charge in [0.2, 0.25) is 5.91 Å². The predicted molar refractivity (Wildman–Crippen MR) is 73.2 cm³/mol. The summed E-state index contributed by atoms with van der Waals surface area (Å²) in [6.07, 6.45) is 1.86. The fourth-order valence-corrected chi connectivity index (χ4v) is 2.47. The molecule has 114 valence electrons. The van der Waals surface area contributed by atoms with Gasteiger partial charge in [-0.05, 0) is 12.8 Å². The van der Waals surface area contributed by atoms with E-state index in [9.17, 15) is 14.4 Å². The zero-order valence-corrected chi connectivity index (χ0v) is 12.2. The van der Waals surface area contributed by atoms with Crippen molar-refractivity contribution in [3.8, 4) is 0 Å². The van der Waals surface area contributed by atoms with Crippen LogP contribution < -0.4 is 10.6 Å². The number of nitrogens with zero attached hydrogens (tertiary/aromatic N) is 1. The molecule has 0 spiro atoms. The molecule has 0 bridgehead atoms. The summed E-state index contributed by atoms with van der Waals surface area (Å²) >= 11 is 0. The average molecular weight is 285 g/mol. The minimum atomic E-state index is -1.12. The Bertz CT molecular complexity index is 382. The molecule has 0 radical (unpaired) electrons. The summed E-state index contributed by atoms with van der Waals surface area (Å²) in [4.78, 5) is 35.7. The molecular formula is C13H23N3O4. The largest absolute Gasteiger partial charge is 0.480 e. The number of carboxylic acid groups (broad SMARTS) is 1. The lowest BCUT2D eigenvalue weighted by Gasteiger charge is -2.34. The maximum atomic E-state index is 12.2. The highest BCUT2D eigenvalue weighted by molar-refractivity contribution is 5.90. The second-order valence-corrected chi connectivity index (χ2v) is 5.10. The van der Waals surface area contributed by atoms with Crippen LogP contribution >= 0.6 is 0 Å². The molecule has 20 heavy (non-hydrogen) atoms. The van der Waals surface area contributed by atoms with Gasteiger partial charge in [0.15, 0.2) is 0 Å². The van der Waals surface area contributed by atoms with E-state index in [0.717, 1.165) is 17.7 Å². The van der Waals surface area contributed by atoms with E-state index < -0.39 is 18.0 Å². The molecule has 2 atom stereocenters. The van der Waals surface area contributed by atoms with Crippen molar-refractivity contribution < 1.29 is 19.5 Å². The van der Waals surface area contributed by atoms with Gasteiger partial charge in [-0.25, -0.2) is 9.59 Å². The molecule has 0 aromatic carbocycles. The van der Waals surface area contributed by atoms with Crippen LogP contribution in [-0.4, -0.2) is 53.1 Å². The Kier molecular flexibility index (Phi) is 5.79. The van der Waals surface area contributed by atoms with Crippen LogP contribution in [0.3, 0.4) is 0 Å². The van der Waals surface area contributed by atoms with Crippen LogP contribution in [0.2, 0.25) is 0 Å². The number of rotatable bonds is 5. The molecule has 0 saturated carbocycles. The summed E-state index contributed by atoms with van der Waals surface area (Å²) < 4.78 is 0. The zero-order chi connectivity index (χ0) is 15.3. The van der Waals surface area contributed by atoms with Crippen molar-refractivity contribution >= 4 is 17.9 Å². The van der Waals surface area contributed by atoms with E-state index in [2.05, 4.69) is 10.6 Å². The van der Waals surface area contributed by atoms with Crippen LogP contribution in [0.4, 0.5) is 4.79 Å². The molecule has 1 saturated heterocycles. The number of carbonyl (C=O) groups excluding carboxylic acids is 2. The highest BCUT2D eigenvalue weighted by atomic mass is 16.4. The average Bonchev–Trinajstić information content (AvgIpc) is 2.39. The SMILES string of the molecule is CCC(CC)C(C)NC(=O)N1CC(=O)NCC1C(=O)O. The van der Waals surface area contributed by atoms with Gasteiger partial charge in [-0.3, -0.25) is 9.69 Å². The number of amides is 3. The van der Waals surface area contributed by atoms with E-state index in [1.165, 1.54) is 0 Å². The van der Waals surface area contributed by atoms with Crippen LogP contribution in [-0.2, 0) is 9.59 Å². The van der Waals surface area contributed by atoms with E-state index in [1.807, 2.05) is 20.8 Å². The molecule has 3 amide bonds. The quantitative estimate of drug-likeness (QED) is 0.681. The fraction of sp³-hybridized carbons (Fsp3) is 0.769. The molecule has 0 aromatic rings. The van der Waals surface area contributed by atoms with Crippen LogP contribution in [0.1, 0.15) is 33.6 Å².